The number of nitrogens with one attached hydrogen (secondary N) is 1. The van der Waals surface area contributed by atoms with Crippen LogP contribution in [0, 0.1) is 12.8 Å². The minimum Gasteiger partial charge on any atom is -0.394 e. The van der Waals surface area contributed by atoms with Gasteiger partial charge in [0.1, 0.15) is 12.2 Å². The SMILES string of the molecule is Cc1ccc(S(=O)(=O)NCC2OC(CO)C(O)C2N2CCC(C)CC2)cc1. The van der Waals surface area contributed by atoms with E-state index in [9.17, 15) is 18.6 Å². The molecular formula is C19H30N2O5S. The summed E-state index contributed by atoms with van der Waals surface area (Å²) in [6.07, 6.45) is 0.0372. The quantitative estimate of drug-likeness (QED) is 0.645. The molecule has 0 bridgehead atoms. The van der Waals surface area contributed by atoms with Gasteiger partial charge in [-0.2, -0.15) is 0 Å². The molecule has 2 aliphatic heterocycles. The van der Waals surface area contributed by atoms with Crippen LogP contribution in [0.1, 0.15) is 25.3 Å². The average Bonchev–Trinajstić information content (AvgIpc) is 2.97. The molecule has 2 saturated heterocycles. The van der Waals surface area contributed by atoms with Crippen molar-refractivity contribution in [2.45, 2.75) is 55.9 Å². The Hall–Kier alpha value is -1.03. The van der Waals surface area contributed by atoms with E-state index in [1.165, 1.54) is 0 Å². The van der Waals surface area contributed by atoms with Crippen LogP contribution in [0.5, 0.6) is 0 Å². The minimum atomic E-state index is -3.66. The van der Waals surface area contributed by atoms with E-state index >= 15 is 0 Å². The third-order valence-electron chi connectivity index (χ3n) is 5.69. The zero-order valence-corrected chi connectivity index (χ0v) is 16.7. The fourth-order valence-electron chi connectivity index (χ4n) is 3.92. The summed E-state index contributed by atoms with van der Waals surface area (Å²) in [4.78, 5) is 2.37. The molecule has 7 nitrogen and oxygen atoms in total. The highest BCUT2D eigenvalue weighted by molar-refractivity contribution is 7.89. The summed E-state index contributed by atoms with van der Waals surface area (Å²) < 4.78 is 33.5. The number of piperidine rings is 1. The smallest absolute Gasteiger partial charge is 0.240 e. The number of ether oxygens (including phenoxy) is 1. The second-order valence-corrected chi connectivity index (χ2v) is 9.53. The first kappa shape index (κ1) is 20.7. The lowest BCUT2D eigenvalue weighted by molar-refractivity contribution is -0.0201. The summed E-state index contributed by atoms with van der Waals surface area (Å²) in [5.74, 6) is 0.646. The molecule has 3 N–H and O–H groups in total. The van der Waals surface area contributed by atoms with Crippen molar-refractivity contribution in [3.8, 4) is 0 Å². The Balaban J connectivity index is 1.70. The highest BCUT2D eigenvalue weighted by Crippen LogP contribution is 2.29. The minimum absolute atomic E-state index is 0.0560. The molecule has 2 aliphatic rings. The number of rotatable bonds is 6. The van der Waals surface area contributed by atoms with E-state index in [1.54, 1.807) is 24.3 Å². The monoisotopic (exact) mass is 398 g/mol. The number of benzene rings is 1. The first-order valence-electron chi connectivity index (χ1n) is 9.56. The summed E-state index contributed by atoms with van der Waals surface area (Å²) >= 11 is 0. The van der Waals surface area contributed by atoms with Crippen molar-refractivity contribution in [2.24, 2.45) is 5.92 Å². The van der Waals surface area contributed by atoms with Gasteiger partial charge in [-0.15, -0.1) is 0 Å². The van der Waals surface area contributed by atoms with E-state index in [1.807, 2.05) is 6.92 Å². The summed E-state index contributed by atoms with van der Waals surface area (Å²) in [6, 6.07) is 6.33. The Morgan fingerprint density at radius 2 is 1.81 bits per heavy atom. The zero-order chi connectivity index (χ0) is 19.6. The molecule has 1 aromatic carbocycles. The third-order valence-corrected chi connectivity index (χ3v) is 7.13. The summed E-state index contributed by atoms with van der Waals surface area (Å²) in [5, 5.41) is 20.1. The number of hydrogen-bond acceptors (Lipinski definition) is 6. The number of likely N-dealkylation sites (tertiary alicyclic amines) is 1. The molecule has 8 heteroatoms. The topological polar surface area (TPSA) is 99.1 Å². The molecule has 1 aromatic rings. The van der Waals surface area contributed by atoms with Crippen molar-refractivity contribution in [3.05, 3.63) is 29.8 Å². The Morgan fingerprint density at radius 3 is 2.41 bits per heavy atom. The van der Waals surface area contributed by atoms with Crippen molar-refractivity contribution in [3.63, 3.8) is 0 Å². The highest BCUT2D eigenvalue weighted by Gasteiger charge is 2.46. The lowest BCUT2D eigenvalue weighted by Crippen LogP contribution is -2.53. The van der Waals surface area contributed by atoms with Crippen LogP contribution < -0.4 is 4.72 Å². The molecule has 4 atom stereocenters. The molecule has 3 rings (SSSR count). The van der Waals surface area contributed by atoms with Gasteiger partial charge in [0.25, 0.3) is 0 Å². The van der Waals surface area contributed by atoms with Crippen molar-refractivity contribution >= 4 is 10.0 Å². The van der Waals surface area contributed by atoms with Gasteiger partial charge in [-0.3, -0.25) is 4.90 Å². The number of aryl methyl sites for hydroxylation is 1. The van der Waals surface area contributed by atoms with Gasteiger partial charge in [0.05, 0.1) is 23.6 Å². The summed E-state index contributed by atoms with van der Waals surface area (Å²) in [7, 11) is -3.66. The van der Waals surface area contributed by atoms with Crippen LogP contribution in [-0.2, 0) is 14.8 Å². The fraction of sp³-hybridized carbons (Fsp3) is 0.684. The van der Waals surface area contributed by atoms with Crippen molar-refractivity contribution < 1.29 is 23.4 Å². The number of sulfonamides is 1. The number of nitrogens with zero attached hydrogens (tertiary/aromatic N) is 1. The molecule has 4 unspecified atom stereocenters. The van der Waals surface area contributed by atoms with Crippen LogP contribution in [0.25, 0.3) is 0 Å². The van der Waals surface area contributed by atoms with Gasteiger partial charge in [0.2, 0.25) is 10.0 Å². The van der Waals surface area contributed by atoms with Crippen LogP contribution in [0.3, 0.4) is 0 Å². The highest BCUT2D eigenvalue weighted by atomic mass is 32.2. The molecule has 0 radical (unpaired) electrons. The maximum Gasteiger partial charge on any atom is 0.240 e. The number of hydrogen-bond donors (Lipinski definition) is 3. The average molecular weight is 399 g/mol. The number of aliphatic hydroxyl groups is 2. The van der Waals surface area contributed by atoms with Crippen LogP contribution >= 0.6 is 0 Å². The zero-order valence-electron chi connectivity index (χ0n) is 15.9. The fourth-order valence-corrected chi connectivity index (χ4v) is 4.96. The molecular weight excluding hydrogens is 368 g/mol. The molecule has 2 fully saturated rings. The second-order valence-electron chi connectivity index (χ2n) is 7.76. The lowest BCUT2D eigenvalue weighted by atomic mass is 9.94. The Morgan fingerprint density at radius 1 is 1.19 bits per heavy atom. The standard InChI is InChI=1S/C19H30N2O5S/c1-13-3-5-15(6-4-13)27(24,25)20-11-16-18(19(23)17(12-22)26-16)21-9-7-14(2)8-10-21/h3-6,14,16-20,22-23H,7-12H2,1-2H3. The summed E-state index contributed by atoms with van der Waals surface area (Å²) in [5.41, 5.74) is 0.987. The Labute approximate surface area is 161 Å². The van der Waals surface area contributed by atoms with E-state index in [0.717, 1.165) is 31.5 Å². The summed E-state index contributed by atoms with van der Waals surface area (Å²) in [6.45, 7) is 5.56. The van der Waals surface area contributed by atoms with Crippen LogP contribution in [0.4, 0.5) is 0 Å². The predicted octanol–water partition coefficient (Wildman–Crippen LogP) is 0.494. The van der Waals surface area contributed by atoms with Crippen molar-refractivity contribution in [1.82, 2.24) is 9.62 Å². The maximum atomic E-state index is 12.6. The largest absolute Gasteiger partial charge is 0.394 e. The van der Waals surface area contributed by atoms with Crippen molar-refractivity contribution in [2.75, 3.05) is 26.2 Å². The molecule has 2 heterocycles. The van der Waals surface area contributed by atoms with Gasteiger partial charge in [-0.25, -0.2) is 13.1 Å². The van der Waals surface area contributed by atoms with E-state index in [-0.39, 0.29) is 24.1 Å². The molecule has 0 aliphatic carbocycles. The number of aliphatic hydroxyl groups excluding tert-OH is 2. The second kappa shape index (κ2) is 8.55. The Kier molecular flexibility index (Phi) is 6.55. The van der Waals surface area contributed by atoms with Crippen LogP contribution in [0.15, 0.2) is 29.2 Å². The van der Waals surface area contributed by atoms with Gasteiger partial charge >= 0.3 is 0 Å². The normalized spacial score (nSPS) is 30.7. The molecule has 0 spiro atoms. The van der Waals surface area contributed by atoms with Crippen molar-refractivity contribution in [1.29, 1.82) is 0 Å². The predicted molar refractivity (Wildman–Crippen MR) is 102 cm³/mol. The van der Waals surface area contributed by atoms with E-state index < -0.39 is 28.3 Å². The Bertz CT molecular complexity index is 716. The molecule has 0 saturated carbocycles. The van der Waals surface area contributed by atoms with Gasteiger partial charge < -0.3 is 14.9 Å². The van der Waals surface area contributed by atoms with E-state index in [2.05, 4.69) is 16.5 Å². The van der Waals surface area contributed by atoms with Gasteiger partial charge in [0, 0.05) is 6.54 Å². The van der Waals surface area contributed by atoms with Crippen LogP contribution in [-0.4, -0.2) is 74.1 Å². The molecule has 27 heavy (non-hydrogen) atoms. The maximum absolute atomic E-state index is 12.6. The van der Waals surface area contributed by atoms with Gasteiger partial charge in [-0.1, -0.05) is 24.6 Å². The molecule has 152 valence electrons. The first-order valence-corrected chi connectivity index (χ1v) is 11.0. The van der Waals surface area contributed by atoms with Gasteiger partial charge in [-0.05, 0) is 50.9 Å². The molecule has 0 amide bonds. The third kappa shape index (κ3) is 4.70. The lowest BCUT2D eigenvalue weighted by Gasteiger charge is -2.38. The molecule has 0 aromatic heterocycles. The van der Waals surface area contributed by atoms with E-state index in [4.69, 9.17) is 4.74 Å². The van der Waals surface area contributed by atoms with Gasteiger partial charge in [0.15, 0.2) is 0 Å². The first-order chi connectivity index (χ1) is 12.8. The van der Waals surface area contributed by atoms with Crippen LogP contribution in [0.2, 0.25) is 0 Å². The van der Waals surface area contributed by atoms with E-state index in [0.29, 0.717) is 5.92 Å².